The smallest absolute Gasteiger partial charge is 0.337 e. The Balaban J connectivity index is 2.02. The zero-order valence-electron chi connectivity index (χ0n) is 24.7. The number of anilines is 3. The van der Waals surface area contributed by atoms with Crippen molar-refractivity contribution in [1.82, 2.24) is 14.9 Å². The highest BCUT2D eigenvalue weighted by molar-refractivity contribution is 5.92. The molecule has 11 heteroatoms. The van der Waals surface area contributed by atoms with Crippen LogP contribution >= 0.6 is 0 Å². The fourth-order valence-corrected chi connectivity index (χ4v) is 4.44. The van der Waals surface area contributed by atoms with E-state index in [9.17, 15) is 14.9 Å². The molecule has 3 aromatic rings. The average molecular weight is 563 g/mol. The number of methoxy groups -OCH3 is 2. The van der Waals surface area contributed by atoms with Crippen LogP contribution in [0.5, 0.6) is 5.75 Å². The van der Waals surface area contributed by atoms with Crippen molar-refractivity contribution in [2.75, 3.05) is 58.7 Å². The number of nitrogens with one attached hydrogen (secondary N) is 1. The average Bonchev–Trinajstić information content (AvgIpc) is 2.96. The lowest BCUT2D eigenvalue weighted by Gasteiger charge is -2.22. The van der Waals surface area contributed by atoms with E-state index in [4.69, 9.17) is 14.5 Å². The van der Waals surface area contributed by atoms with Crippen molar-refractivity contribution in [2.24, 2.45) is 0 Å². The first-order valence-corrected chi connectivity index (χ1v) is 13.3. The van der Waals surface area contributed by atoms with Crippen LogP contribution in [0.1, 0.15) is 47.4 Å². The van der Waals surface area contributed by atoms with Crippen LogP contribution in [-0.4, -0.2) is 74.2 Å². The van der Waals surface area contributed by atoms with Crippen molar-refractivity contribution >= 4 is 34.6 Å². The van der Waals surface area contributed by atoms with Gasteiger partial charge in [0.1, 0.15) is 11.4 Å². The minimum absolute atomic E-state index is 0.0660. The molecule has 41 heavy (non-hydrogen) atoms. The number of rotatable bonds is 13. The van der Waals surface area contributed by atoms with E-state index in [2.05, 4.69) is 17.2 Å². The summed E-state index contributed by atoms with van der Waals surface area (Å²) in [5.41, 5.74) is 4.58. The lowest BCUT2D eigenvalue weighted by atomic mass is 9.92. The lowest BCUT2D eigenvalue weighted by molar-refractivity contribution is -0.384. The number of aryl methyl sites for hydroxylation is 1. The highest BCUT2D eigenvalue weighted by Gasteiger charge is 2.23. The summed E-state index contributed by atoms with van der Waals surface area (Å²) in [6.45, 7) is 5.32. The van der Waals surface area contributed by atoms with Crippen molar-refractivity contribution in [1.29, 1.82) is 0 Å². The molecule has 11 nitrogen and oxygen atoms in total. The first-order chi connectivity index (χ1) is 19.6. The quantitative estimate of drug-likeness (QED) is 0.166. The molecule has 0 saturated carbocycles. The molecule has 1 heterocycles. The fraction of sp³-hybridized carbons (Fsp3) is 0.367. The molecule has 0 saturated heterocycles. The van der Waals surface area contributed by atoms with Gasteiger partial charge in [-0.15, -0.1) is 0 Å². The van der Waals surface area contributed by atoms with Gasteiger partial charge in [-0.3, -0.25) is 10.1 Å². The number of ether oxygens (including phenoxy) is 2. The van der Waals surface area contributed by atoms with Crippen molar-refractivity contribution in [2.45, 2.75) is 26.7 Å². The molecule has 1 aromatic heterocycles. The summed E-state index contributed by atoms with van der Waals surface area (Å²) in [5.74, 6) is 0.238. The summed E-state index contributed by atoms with van der Waals surface area (Å²) < 4.78 is 10.5. The Morgan fingerprint density at radius 2 is 1.88 bits per heavy atom. The predicted molar refractivity (Wildman–Crippen MR) is 161 cm³/mol. The van der Waals surface area contributed by atoms with Gasteiger partial charge in [-0.1, -0.05) is 25.5 Å². The van der Waals surface area contributed by atoms with E-state index < -0.39 is 10.9 Å². The molecule has 0 fully saturated rings. The van der Waals surface area contributed by atoms with Crippen LogP contribution in [0.4, 0.5) is 23.0 Å². The van der Waals surface area contributed by atoms with Crippen LogP contribution in [0.15, 0.2) is 48.7 Å². The van der Waals surface area contributed by atoms with Crippen LogP contribution in [-0.2, 0) is 11.2 Å². The Morgan fingerprint density at radius 1 is 1.12 bits per heavy atom. The van der Waals surface area contributed by atoms with Crippen LogP contribution in [0.3, 0.4) is 0 Å². The zero-order valence-corrected chi connectivity index (χ0v) is 24.7. The largest absolute Gasteiger partial charge is 0.494 e. The molecule has 0 bridgehead atoms. The molecule has 0 amide bonds. The van der Waals surface area contributed by atoms with E-state index in [1.165, 1.54) is 20.3 Å². The van der Waals surface area contributed by atoms with Gasteiger partial charge in [0.15, 0.2) is 0 Å². The van der Waals surface area contributed by atoms with Crippen molar-refractivity contribution < 1.29 is 19.2 Å². The van der Waals surface area contributed by atoms with Gasteiger partial charge in [-0.05, 0) is 56.8 Å². The molecule has 0 spiro atoms. The second kappa shape index (κ2) is 14.2. The van der Waals surface area contributed by atoms with Crippen LogP contribution in [0.2, 0.25) is 0 Å². The van der Waals surface area contributed by atoms with Gasteiger partial charge in [0.05, 0.1) is 36.1 Å². The van der Waals surface area contributed by atoms with Crippen LogP contribution in [0, 0.1) is 10.1 Å². The van der Waals surface area contributed by atoms with Gasteiger partial charge >= 0.3 is 5.97 Å². The Hall–Kier alpha value is -4.51. The molecule has 0 aliphatic heterocycles. The number of nitro benzene ring substituents is 1. The molecular formula is C30H38N6O5. The Kier molecular flexibility index (Phi) is 10.8. The topological polar surface area (TPSA) is 123 Å². The van der Waals surface area contributed by atoms with E-state index in [1.54, 1.807) is 24.4 Å². The summed E-state index contributed by atoms with van der Waals surface area (Å²) in [7, 11) is 8.57. The molecule has 3 rings (SSSR count). The van der Waals surface area contributed by atoms with Crippen LogP contribution < -0.4 is 15.0 Å². The lowest BCUT2D eigenvalue weighted by Crippen LogP contribution is -2.28. The van der Waals surface area contributed by atoms with Gasteiger partial charge in [0, 0.05) is 44.0 Å². The van der Waals surface area contributed by atoms with Gasteiger partial charge in [0.25, 0.3) is 5.69 Å². The number of hydrogen-bond donors (Lipinski definition) is 1. The Bertz CT molecular complexity index is 1420. The molecule has 0 aliphatic carbocycles. The molecule has 0 radical (unpaired) electrons. The molecule has 1 N–H and O–H groups in total. The summed E-state index contributed by atoms with van der Waals surface area (Å²) in [6.07, 6.45) is 5.30. The summed E-state index contributed by atoms with van der Waals surface area (Å²) >= 11 is 0. The van der Waals surface area contributed by atoms with E-state index in [-0.39, 0.29) is 11.6 Å². The number of benzene rings is 2. The maximum absolute atomic E-state index is 12.3. The SMILES string of the molecule is C/C=C(/c1ccnc(Nc2cc([N+](=O)[O-])c(N(C)CCN(C)C)cc2OC)n1)c1cc(C(=O)OC)ccc1CCC. The Labute approximate surface area is 241 Å². The van der Waals surface area contributed by atoms with E-state index in [0.29, 0.717) is 34.9 Å². The Morgan fingerprint density at radius 3 is 2.49 bits per heavy atom. The molecule has 0 unspecified atom stereocenters. The third kappa shape index (κ3) is 7.57. The molecule has 218 valence electrons. The maximum atomic E-state index is 12.3. The molecule has 2 aromatic carbocycles. The van der Waals surface area contributed by atoms with Gasteiger partial charge < -0.3 is 24.6 Å². The highest BCUT2D eigenvalue weighted by Crippen LogP contribution is 2.39. The van der Waals surface area contributed by atoms with Crippen molar-refractivity contribution in [3.8, 4) is 5.75 Å². The molecule has 0 atom stereocenters. The minimum atomic E-state index is -0.417. The number of hydrogen-bond acceptors (Lipinski definition) is 10. The number of nitro groups is 1. The van der Waals surface area contributed by atoms with Gasteiger partial charge in [-0.2, -0.15) is 0 Å². The number of allylic oxidation sites excluding steroid dienone is 1. The third-order valence-corrected chi connectivity index (χ3v) is 6.59. The first-order valence-electron chi connectivity index (χ1n) is 13.3. The number of likely N-dealkylation sites (N-methyl/N-ethyl adjacent to an activating group) is 2. The van der Waals surface area contributed by atoms with Crippen LogP contribution in [0.25, 0.3) is 5.57 Å². The summed E-state index contributed by atoms with van der Waals surface area (Å²) in [4.78, 5) is 36.8. The third-order valence-electron chi connectivity index (χ3n) is 6.59. The molecule has 0 aliphatic rings. The monoisotopic (exact) mass is 562 g/mol. The number of aromatic nitrogens is 2. The number of nitrogens with zero attached hydrogens (tertiary/aromatic N) is 5. The maximum Gasteiger partial charge on any atom is 0.337 e. The predicted octanol–water partition coefficient (Wildman–Crippen LogP) is 5.33. The van der Waals surface area contributed by atoms with E-state index >= 15 is 0 Å². The minimum Gasteiger partial charge on any atom is -0.494 e. The first kappa shape index (κ1) is 31.0. The normalized spacial score (nSPS) is 11.4. The second-order valence-corrected chi connectivity index (χ2v) is 9.73. The number of carbonyl (C=O) groups is 1. The highest BCUT2D eigenvalue weighted by atomic mass is 16.6. The zero-order chi connectivity index (χ0) is 30.1. The number of carbonyl (C=O) groups excluding carboxylic acids is 1. The van der Waals surface area contributed by atoms with E-state index in [0.717, 1.165) is 36.1 Å². The van der Waals surface area contributed by atoms with Gasteiger partial charge in [-0.25, -0.2) is 14.8 Å². The van der Waals surface area contributed by atoms with Gasteiger partial charge in [0.2, 0.25) is 5.95 Å². The second-order valence-electron chi connectivity index (χ2n) is 9.73. The van der Waals surface area contributed by atoms with Crippen molar-refractivity contribution in [3.05, 3.63) is 81.2 Å². The fourth-order valence-electron chi connectivity index (χ4n) is 4.44. The number of esters is 1. The standard InChI is InChI=1S/C30H38N6O5/c1-8-10-20-11-12-21(29(37)41-7)17-23(20)22(9-2)24-13-14-31-30(32-24)33-25-18-27(36(38)39)26(19-28(25)40-6)35(5)16-15-34(3)4/h9,11-14,17-19H,8,10,15-16H2,1-7H3,(H,31,32,33)/b22-9+. The molecular weight excluding hydrogens is 524 g/mol. The van der Waals surface area contributed by atoms with E-state index in [1.807, 2.05) is 56.1 Å². The summed E-state index contributed by atoms with van der Waals surface area (Å²) in [6, 6.07) is 10.4. The summed E-state index contributed by atoms with van der Waals surface area (Å²) in [5, 5.41) is 15.1. The van der Waals surface area contributed by atoms with Crippen molar-refractivity contribution in [3.63, 3.8) is 0 Å².